The van der Waals surface area contributed by atoms with Crippen molar-refractivity contribution in [3.63, 3.8) is 0 Å². The van der Waals surface area contributed by atoms with E-state index in [-0.39, 0.29) is 23.0 Å². The van der Waals surface area contributed by atoms with Crippen molar-refractivity contribution < 1.29 is 14.3 Å². The molecule has 1 atom stereocenters. The molecule has 35 heavy (non-hydrogen) atoms. The summed E-state index contributed by atoms with van der Waals surface area (Å²) in [7, 11) is 0. The largest absolute Gasteiger partial charge is 0.493 e. The molecule has 3 rings (SSSR count). The Hall–Kier alpha value is -3.71. The standard InChI is InChI=1S/C28H31N3O3S/c1-19(2)17-18-34-25-12-8-7-11-24(25)27(33)31-28(35)30-23-15-13-22(14-16-23)26(32)29-20(3)21-9-5-4-6-10-21/h4-16,19-20H,17-18H2,1-3H3,(H,29,32)(H2,30,31,33,35). The zero-order valence-corrected chi connectivity index (χ0v) is 21.0. The van der Waals surface area contributed by atoms with Crippen molar-refractivity contribution in [2.24, 2.45) is 5.92 Å². The summed E-state index contributed by atoms with van der Waals surface area (Å²) < 4.78 is 5.80. The fraction of sp³-hybridized carbons (Fsp3) is 0.250. The minimum atomic E-state index is -0.353. The smallest absolute Gasteiger partial charge is 0.261 e. The number of thiocarbonyl (C=S) groups is 1. The van der Waals surface area contributed by atoms with E-state index >= 15 is 0 Å². The lowest BCUT2D eigenvalue weighted by atomic mass is 10.1. The van der Waals surface area contributed by atoms with Crippen LogP contribution in [-0.4, -0.2) is 23.5 Å². The van der Waals surface area contributed by atoms with E-state index in [2.05, 4.69) is 29.8 Å². The Balaban J connectivity index is 1.54. The van der Waals surface area contributed by atoms with Crippen LogP contribution in [0.3, 0.4) is 0 Å². The maximum atomic E-state index is 12.8. The topological polar surface area (TPSA) is 79.5 Å². The number of hydrogen-bond donors (Lipinski definition) is 3. The lowest BCUT2D eigenvalue weighted by Gasteiger charge is -2.15. The number of anilines is 1. The molecule has 3 aromatic carbocycles. The highest BCUT2D eigenvalue weighted by Crippen LogP contribution is 2.19. The SMILES string of the molecule is CC(C)CCOc1ccccc1C(=O)NC(=S)Nc1ccc(C(=O)NC(C)c2ccccc2)cc1. The Labute approximate surface area is 212 Å². The molecule has 3 N–H and O–H groups in total. The van der Waals surface area contributed by atoms with Crippen molar-refractivity contribution in [1.29, 1.82) is 0 Å². The van der Waals surface area contributed by atoms with Gasteiger partial charge >= 0.3 is 0 Å². The van der Waals surface area contributed by atoms with Crippen LogP contribution in [0.25, 0.3) is 0 Å². The summed E-state index contributed by atoms with van der Waals surface area (Å²) >= 11 is 5.31. The first kappa shape index (κ1) is 25.9. The average molecular weight is 490 g/mol. The number of nitrogens with one attached hydrogen (secondary N) is 3. The predicted octanol–water partition coefficient (Wildman–Crippen LogP) is 5.73. The van der Waals surface area contributed by atoms with E-state index in [4.69, 9.17) is 17.0 Å². The summed E-state index contributed by atoms with van der Waals surface area (Å²) in [5.41, 5.74) is 2.64. The van der Waals surface area contributed by atoms with Gasteiger partial charge in [0, 0.05) is 11.3 Å². The molecule has 6 nitrogen and oxygen atoms in total. The number of carbonyl (C=O) groups is 2. The van der Waals surface area contributed by atoms with Gasteiger partial charge in [0.05, 0.1) is 18.2 Å². The zero-order chi connectivity index (χ0) is 25.2. The quantitative estimate of drug-likeness (QED) is 0.335. The van der Waals surface area contributed by atoms with Crippen LogP contribution in [-0.2, 0) is 0 Å². The minimum absolute atomic E-state index is 0.110. The van der Waals surface area contributed by atoms with Crippen LogP contribution in [0.15, 0.2) is 78.9 Å². The van der Waals surface area contributed by atoms with Gasteiger partial charge in [0.15, 0.2) is 5.11 Å². The van der Waals surface area contributed by atoms with Gasteiger partial charge in [-0.2, -0.15) is 0 Å². The maximum absolute atomic E-state index is 12.8. The van der Waals surface area contributed by atoms with Crippen LogP contribution in [0.4, 0.5) is 5.69 Å². The van der Waals surface area contributed by atoms with Gasteiger partial charge in [-0.05, 0) is 73.4 Å². The van der Waals surface area contributed by atoms with Crippen LogP contribution in [0.5, 0.6) is 5.75 Å². The molecule has 0 aliphatic heterocycles. The van der Waals surface area contributed by atoms with Crippen molar-refractivity contribution in [3.8, 4) is 5.75 Å². The Kier molecular flexibility index (Phi) is 9.38. The van der Waals surface area contributed by atoms with Gasteiger partial charge in [0.1, 0.15) is 5.75 Å². The van der Waals surface area contributed by atoms with Gasteiger partial charge in [-0.25, -0.2) is 0 Å². The Morgan fingerprint density at radius 1 is 0.857 bits per heavy atom. The number of ether oxygens (including phenoxy) is 1. The molecule has 0 saturated carbocycles. The number of para-hydroxylation sites is 1. The summed E-state index contributed by atoms with van der Waals surface area (Å²) in [5, 5.41) is 8.81. The predicted molar refractivity (Wildman–Crippen MR) is 144 cm³/mol. The van der Waals surface area contributed by atoms with E-state index < -0.39 is 0 Å². The number of hydrogen-bond acceptors (Lipinski definition) is 4. The molecule has 182 valence electrons. The summed E-state index contributed by atoms with van der Waals surface area (Å²) in [6.07, 6.45) is 0.898. The molecule has 0 spiro atoms. The highest BCUT2D eigenvalue weighted by Gasteiger charge is 2.15. The fourth-order valence-corrected chi connectivity index (χ4v) is 3.54. The summed E-state index contributed by atoms with van der Waals surface area (Å²) in [5.74, 6) is 0.512. The number of benzene rings is 3. The molecule has 1 unspecified atom stereocenters. The second-order valence-electron chi connectivity index (χ2n) is 8.62. The van der Waals surface area contributed by atoms with Crippen LogP contribution in [0.2, 0.25) is 0 Å². The Morgan fingerprint density at radius 2 is 1.51 bits per heavy atom. The number of amides is 2. The fourth-order valence-electron chi connectivity index (χ4n) is 3.33. The number of rotatable bonds is 9. The molecule has 2 amide bonds. The van der Waals surface area contributed by atoms with Gasteiger partial charge in [-0.1, -0.05) is 56.3 Å². The first-order valence-corrected chi connectivity index (χ1v) is 12.0. The van der Waals surface area contributed by atoms with Crippen LogP contribution in [0, 0.1) is 5.92 Å². The molecule has 7 heteroatoms. The molecule has 0 fully saturated rings. The third-order valence-electron chi connectivity index (χ3n) is 5.36. The van der Waals surface area contributed by atoms with Crippen LogP contribution < -0.4 is 20.7 Å². The third-order valence-corrected chi connectivity index (χ3v) is 5.57. The molecule has 0 bridgehead atoms. The van der Waals surface area contributed by atoms with Crippen molar-refractivity contribution >= 4 is 34.8 Å². The first-order valence-electron chi connectivity index (χ1n) is 11.6. The Morgan fingerprint density at radius 3 is 2.20 bits per heavy atom. The monoisotopic (exact) mass is 489 g/mol. The van der Waals surface area contributed by atoms with Gasteiger partial charge in [-0.15, -0.1) is 0 Å². The molecule has 0 aliphatic carbocycles. The third kappa shape index (κ3) is 7.93. The van der Waals surface area contributed by atoms with Gasteiger partial charge in [0.25, 0.3) is 11.8 Å². The van der Waals surface area contributed by atoms with Crippen molar-refractivity contribution in [3.05, 3.63) is 95.6 Å². The Bertz CT molecular complexity index is 1150. The lowest BCUT2D eigenvalue weighted by molar-refractivity contribution is 0.0938. The summed E-state index contributed by atoms with van der Waals surface area (Å²) in [6.45, 7) is 6.72. The van der Waals surface area contributed by atoms with Crippen LogP contribution >= 0.6 is 12.2 Å². The van der Waals surface area contributed by atoms with Crippen molar-refractivity contribution in [2.45, 2.75) is 33.2 Å². The van der Waals surface area contributed by atoms with Gasteiger partial charge in [0.2, 0.25) is 0 Å². The van der Waals surface area contributed by atoms with E-state index in [1.807, 2.05) is 43.3 Å². The molecule has 0 saturated heterocycles. The van der Waals surface area contributed by atoms with Gasteiger partial charge < -0.3 is 15.4 Å². The van der Waals surface area contributed by atoms with Crippen molar-refractivity contribution in [1.82, 2.24) is 10.6 Å². The van der Waals surface area contributed by atoms with Crippen LogP contribution in [0.1, 0.15) is 59.5 Å². The average Bonchev–Trinajstić information content (AvgIpc) is 2.85. The second kappa shape index (κ2) is 12.7. The summed E-state index contributed by atoms with van der Waals surface area (Å²) in [6, 6.07) is 23.6. The first-order chi connectivity index (χ1) is 16.8. The molecular formula is C28H31N3O3S. The zero-order valence-electron chi connectivity index (χ0n) is 20.2. The van der Waals surface area contributed by atoms with E-state index in [0.717, 1.165) is 12.0 Å². The molecule has 0 radical (unpaired) electrons. The normalized spacial score (nSPS) is 11.4. The molecule has 0 heterocycles. The lowest BCUT2D eigenvalue weighted by Crippen LogP contribution is -2.34. The second-order valence-corrected chi connectivity index (χ2v) is 9.03. The van der Waals surface area contributed by atoms with E-state index in [0.29, 0.717) is 35.1 Å². The van der Waals surface area contributed by atoms with E-state index in [9.17, 15) is 9.59 Å². The maximum Gasteiger partial charge on any atom is 0.261 e. The van der Waals surface area contributed by atoms with Crippen molar-refractivity contribution in [2.75, 3.05) is 11.9 Å². The molecule has 0 aromatic heterocycles. The highest BCUT2D eigenvalue weighted by atomic mass is 32.1. The van der Waals surface area contributed by atoms with E-state index in [1.165, 1.54) is 0 Å². The molecular weight excluding hydrogens is 458 g/mol. The van der Waals surface area contributed by atoms with Gasteiger partial charge in [-0.3, -0.25) is 14.9 Å². The highest BCUT2D eigenvalue weighted by molar-refractivity contribution is 7.80. The molecule has 0 aliphatic rings. The molecule has 3 aromatic rings. The summed E-state index contributed by atoms with van der Waals surface area (Å²) in [4.78, 5) is 25.3. The number of carbonyl (C=O) groups excluding carboxylic acids is 2. The van der Waals surface area contributed by atoms with E-state index in [1.54, 1.807) is 42.5 Å². The minimum Gasteiger partial charge on any atom is -0.493 e.